The highest BCUT2D eigenvalue weighted by molar-refractivity contribution is 5.48. The van der Waals surface area contributed by atoms with Gasteiger partial charge in [-0.25, -0.2) is 9.97 Å². The molecule has 1 aliphatic heterocycles. The monoisotopic (exact) mass is 378 g/mol. The lowest BCUT2D eigenvalue weighted by Crippen LogP contribution is -2.37. The quantitative estimate of drug-likeness (QED) is 0.695. The van der Waals surface area contributed by atoms with Gasteiger partial charge in [-0.2, -0.15) is 0 Å². The van der Waals surface area contributed by atoms with Crippen molar-refractivity contribution in [3.8, 4) is 0 Å². The molecule has 1 atom stereocenters. The first kappa shape index (κ1) is 17.6. The van der Waals surface area contributed by atoms with Crippen LogP contribution in [0.1, 0.15) is 35.8 Å². The SMILES string of the molecule is CN(Cc1cn2c(N3CCOCC3)nccc2n1)C1CCCc2cccnc21. The predicted octanol–water partition coefficient (Wildman–Crippen LogP) is 2.47. The molecule has 4 heterocycles. The molecule has 1 aliphatic carbocycles. The standard InChI is InChI=1S/C21H26N6O/c1-25(18-6-2-4-16-5-3-8-22-20(16)18)14-17-15-27-19(24-17)7-9-23-21(27)26-10-12-28-13-11-26/h3,5,7-9,15,18H,2,4,6,10-14H2,1H3. The van der Waals surface area contributed by atoms with Crippen LogP contribution in [0.5, 0.6) is 0 Å². The van der Waals surface area contributed by atoms with Gasteiger partial charge in [0.25, 0.3) is 0 Å². The van der Waals surface area contributed by atoms with Crippen LogP contribution in [-0.4, -0.2) is 57.6 Å². The van der Waals surface area contributed by atoms with Gasteiger partial charge in [0.1, 0.15) is 5.65 Å². The third kappa shape index (κ3) is 3.25. The Morgan fingerprint density at radius 3 is 2.96 bits per heavy atom. The van der Waals surface area contributed by atoms with E-state index in [0.29, 0.717) is 6.04 Å². The third-order valence-electron chi connectivity index (χ3n) is 5.81. The highest BCUT2D eigenvalue weighted by atomic mass is 16.5. The Morgan fingerprint density at radius 1 is 1.18 bits per heavy atom. The molecule has 1 fully saturated rings. The van der Waals surface area contributed by atoms with Crippen molar-refractivity contribution in [2.45, 2.75) is 31.8 Å². The largest absolute Gasteiger partial charge is 0.378 e. The van der Waals surface area contributed by atoms with Gasteiger partial charge >= 0.3 is 0 Å². The lowest BCUT2D eigenvalue weighted by molar-refractivity contribution is 0.122. The molecule has 0 aromatic carbocycles. The van der Waals surface area contributed by atoms with Crippen LogP contribution < -0.4 is 4.90 Å². The van der Waals surface area contributed by atoms with Crippen LogP contribution in [0.4, 0.5) is 5.95 Å². The van der Waals surface area contributed by atoms with E-state index in [9.17, 15) is 0 Å². The Morgan fingerprint density at radius 2 is 2.07 bits per heavy atom. The third-order valence-corrected chi connectivity index (χ3v) is 5.81. The first-order valence-corrected chi connectivity index (χ1v) is 10.1. The van der Waals surface area contributed by atoms with Crippen LogP contribution in [-0.2, 0) is 17.7 Å². The highest BCUT2D eigenvalue weighted by Crippen LogP contribution is 2.32. The Bertz CT molecular complexity index is 964. The van der Waals surface area contributed by atoms with E-state index in [-0.39, 0.29) is 0 Å². The number of ether oxygens (including phenoxy) is 1. The molecule has 146 valence electrons. The lowest BCUT2D eigenvalue weighted by Gasteiger charge is -2.31. The van der Waals surface area contributed by atoms with Crippen LogP contribution >= 0.6 is 0 Å². The molecule has 0 saturated carbocycles. The molecule has 0 radical (unpaired) electrons. The van der Waals surface area contributed by atoms with E-state index < -0.39 is 0 Å². The number of anilines is 1. The number of rotatable bonds is 4. The first-order valence-electron chi connectivity index (χ1n) is 10.1. The van der Waals surface area contributed by atoms with Gasteiger partial charge < -0.3 is 9.64 Å². The average Bonchev–Trinajstić information content (AvgIpc) is 3.16. The molecule has 0 amide bonds. The highest BCUT2D eigenvalue weighted by Gasteiger charge is 2.25. The number of morpholine rings is 1. The van der Waals surface area contributed by atoms with E-state index in [2.05, 4.69) is 43.5 Å². The van der Waals surface area contributed by atoms with Crippen molar-refractivity contribution in [2.75, 3.05) is 38.3 Å². The number of imidazole rings is 1. The number of aromatic nitrogens is 4. The first-order chi connectivity index (χ1) is 13.8. The summed E-state index contributed by atoms with van der Waals surface area (Å²) in [5, 5.41) is 0. The van der Waals surface area contributed by atoms with Crippen molar-refractivity contribution < 1.29 is 4.74 Å². The molecule has 3 aromatic heterocycles. The number of hydrogen-bond donors (Lipinski definition) is 0. The van der Waals surface area contributed by atoms with Gasteiger partial charge in [0.05, 0.1) is 30.6 Å². The van der Waals surface area contributed by atoms with Crippen LogP contribution in [0.3, 0.4) is 0 Å². The Labute approximate surface area is 165 Å². The maximum absolute atomic E-state index is 5.48. The molecule has 1 saturated heterocycles. The van der Waals surface area contributed by atoms with Gasteiger partial charge in [-0.15, -0.1) is 0 Å². The van der Waals surface area contributed by atoms with Gasteiger partial charge in [-0.3, -0.25) is 14.3 Å². The topological polar surface area (TPSA) is 58.8 Å². The van der Waals surface area contributed by atoms with Crippen molar-refractivity contribution in [1.29, 1.82) is 0 Å². The minimum absolute atomic E-state index is 0.353. The lowest BCUT2D eigenvalue weighted by atomic mass is 9.91. The van der Waals surface area contributed by atoms with Crippen LogP contribution in [0.2, 0.25) is 0 Å². The zero-order valence-electron chi connectivity index (χ0n) is 16.3. The zero-order valence-corrected chi connectivity index (χ0v) is 16.3. The number of aryl methyl sites for hydroxylation is 1. The molecule has 7 heteroatoms. The summed E-state index contributed by atoms with van der Waals surface area (Å²) in [5.41, 5.74) is 4.63. The Balaban J connectivity index is 1.40. The smallest absolute Gasteiger partial charge is 0.211 e. The second-order valence-electron chi connectivity index (χ2n) is 7.68. The van der Waals surface area contributed by atoms with Crippen LogP contribution in [0.25, 0.3) is 5.65 Å². The zero-order chi connectivity index (χ0) is 18.9. The molecular formula is C21H26N6O. The minimum atomic E-state index is 0.353. The second-order valence-corrected chi connectivity index (χ2v) is 7.68. The minimum Gasteiger partial charge on any atom is -0.378 e. The predicted molar refractivity (Wildman–Crippen MR) is 107 cm³/mol. The molecule has 3 aromatic rings. The molecule has 0 N–H and O–H groups in total. The van der Waals surface area contributed by atoms with E-state index >= 15 is 0 Å². The van der Waals surface area contributed by atoms with Crippen molar-refractivity contribution in [3.05, 3.63) is 53.7 Å². The van der Waals surface area contributed by atoms with E-state index in [1.165, 1.54) is 17.7 Å². The summed E-state index contributed by atoms with van der Waals surface area (Å²) < 4.78 is 7.59. The molecule has 0 spiro atoms. The van der Waals surface area contributed by atoms with Gasteiger partial charge in [-0.1, -0.05) is 6.07 Å². The van der Waals surface area contributed by atoms with E-state index in [1.54, 1.807) is 0 Å². The van der Waals surface area contributed by atoms with Crippen molar-refractivity contribution in [1.82, 2.24) is 24.3 Å². The summed E-state index contributed by atoms with van der Waals surface area (Å²) in [6.45, 7) is 4.02. The summed E-state index contributed by atoms with van der Waals surface area (Å²) in [4.78, 5) is 18.8. The fourth-order valence-electron chi connectivity index (χ4n) is 4.41. The number of nitrogens with zero attached hydrogens (tertiary/aromatic N) is 6. The summed E-state index contributed by atoms with van der Waals surface area (Å²) in [6, 6.07) is 6.59. The molecule has 0 bridgehead atoms. The average molecular weight is 378 g/mol. The molecular weight excluding hydrogens is 352 g/mol. The molecule has 2 aliphatic rings. The van der Waals surface area contributed by atoms with Gasteiger partial charge in [0.2, 0.25) is 5.95 Å². The second kappa shape index (κ2) is 7.48. The summed E-state index contributed by atoms with van der Waals surface area (Å²) in [6.07, 6.45) is 9.39. The van der Waals surface area contributed by atoms with Gasteiger partial charge in [0, 0.05) is 38.2 Å². The van der Waals surface area contributed by atoms with Crippen LogP contribution in [0.15, 0.2) is 36.8 Å². The normalized spacial score (nSPS) is 19.9. The van der Waals surface area contributed by atoms with Crippen LogP contribution in [0, 0.1) is 0 Å². The maximum atomic E-state index is 5.48. The van der Waals surface area contributed by atoms with E-state index in [1.807, 2.05) is 24.5 Å². The molecule has 1 unspecified atom stereocenters. The molecule has 28 heavy (non-hydrogen) atoms. The van der Waals surface area contributed by atoms with Crippen molar-refractivity contribution in [2.24, 2.45) is 0 Å². The number of hydrogen-bond acceptors (Lipinski definition) is 6. The maximum Gasteiger partial charge on any atom is 0.211 e. The number of fused-ring (bicyclic) bond motifs is 2. The molecule has 5 rings (SSSR count). The van der Waals surface area contributed by atoms with E-state index in [0.717, 1.165) is 63.0 Å². The van der Waals surface area contributed by atoms with Gasteiger partial charge in [0.15, 0.2) is 0 Å². The van der Waals surface area contributed by atoms with Crippen molar-refractivity contribution in [3.63, 3.8) is 0 Å². The van der Waals surface area contributed by atoms with Crippen molar-refractivity contribution >= 4 is 11.6 Å². The molecule has 7 nitrogen and oxygen atoms in total. The van der Waals surface area contributed by atoms with Gasteiger partial charge in [-0.05, 0) is 44.0 Å². The summed E-state index contributed by atoms with van der Waals surface area (Å²) in [7, 11) is 2.18. The Hall–Kier alpha value is -2.51. The fourth-order valence-corrected chi connectivity index (χ4v) is 4.41. The summed E-state index contributed by atoms with van der Waals surface area (Å²) in [5.74, 6) is 0.951. The fraction of sp³-hybridized carbons (Fsp3) is 0.476. The van der Waals surface area contributed by atoms with E-state index in [4.69, 9.17) is 9.72 Å². The summed E-state index contributed by atoms with van der Waals surface area (Å²) >= 11 is 0. The number of pyridine rings is 1. The Kier molecular flexibility index (Phi) is 4.70.